The SMILES string of the molecule is C=C(c1ccccc1)c1cc(C(=CBr)c2cc(C(=C)c3ccccc3)c(O)c(C(=C)c3ccccc3)c2)cc(C(=C)c2ccccc2)c1O. The van der Waals surface area contributed by atoms with Gasteiger partial charge in [0.1, 0.15) is 11.5 Å². The van der Waals surface area contributed by atoms with Crippen molar-refractivity contribution in [3.63, 3.8) is 0 Å². The van der Waals surface area contributed by atoms with Crippen LogP contribution in [-0.2, 0) is 0 Å². The van der Waals surface area contributed by atoms with Crippen molar-refractivity contribution in [1.29, 1.82) is 0 Å². The summed E-state index contributed by atoms with van der Waals surface area (Å²) in [5, 5.41) is 23.6. The first-order valence-corrected chi connectivity index (χ1v) is 16.7. The van der Waals surface area contributed by atoms with E-state index in [1.54, 1.807) is 0 Å². The maximum atomic E-state index is 11.8. The number of benzene rings is 6. The van der Waals surface area contributed by atoms with E-state index < -0.39 is 0 Å². The van der Waals surface area contributed by atoms with Gasteiger partial charge in [-0.25, -0.2) is 0 Å². The number of phenols is 2. The average Bonchev–Trinajstić information content (AvgIpc) is 3.16. The Bertz CT molecular complexity index is 1930. The van der Waals surface area contributed by atoms with E-state index in [2.05, 4.69) is 42.2 Å². The van der Waals surface area contributed by atoms with Gasteiger partial charge in [-0.05, 0) is 90.5 Å². The molecule has 6 rings (SSSR count). The number of rotatable bonds is 10. The van der Waals surface area contributed by atoms with E-state index in [9.17, 15) is 10.2 Å². The topological polar surface area (TPSA) is 40.5 Å². The van der Waals surface area contributed by atoms with Gasteiger partial charge in [0.25, 0.3) is 0 Å². The number of hydrogen-bond donors (Lipinski definition) is 2. The number of phenolic OH excluding ortho intramolecular Hbond substituents is 2. The van der Waals surface area contributed by atoms with E-state index in [0.29, 0.717) is 44.5 Å². The highest BCUT2D eigenvalue weighted by molar-refractivity contribution is 9.11. The summed E-state index contributed by atoms with van der Waals surface area (Å²) in [6.07, 6.45) is 0. The van der Waals surface area contributed by atoms with Crippen molar-refractivity contribution < 1.29 is 10.2 Å². The fourth-order valence-electron chi connectivity index (χ4n) is 5.97. The molecule has 3 heteroatoms. The molecule has 0 spiro atoms. The molecule has 49 heavy (non-hydrogen) atoms. The third-order valence-electron chi connectivity index (χ3n) is 8.74. The highest BCUT2D eigenvalue weighted by atomic mass is 79.9. The zero-order chi connectivity index (χ0) is 34.5. The van der Waals surface area contributed by atoms with E-state index in [0.717, 1.165) is 39.0 Å². The van der Waals surface area contributed by atoms with Crippen molar-refractivity contribution in [2.24, 2.45) is 0 Å². The predicted octanol–water partition coefficient (Wildman–Crippen LogP) is 12.1. The standard InChI is InChI=1S/C46H35BrO2/c1-30(34-17-9-5-10-18-34)40-25-38(26-41(45(40)48)31(2)35-19-11-6-12-20-35)44(29-47)39-27-42(32(3)36-21-13-7-14-22-36)46(49)43(28-39)33(4)37-23-15-8-16-24-37/h5-29,48-49H,1-4H2. The number of hydrogen-bond acceptors (Lipinski definition) is 2. The third kappa shape index (κ3) is 6.76. The van der Waals surface area contributed by atoms with Gasteiger partial charge < -0.3 is 10.2 Å². The molecule has 0 unspecified atom stereocenters. The molecule has 6 aromatic carbocycles. The van der Waals surface area contributed by atoms with E-state index >= 15 is 0 Å². The summed E-state index contributed by atoms with van der Waals surface area (Å²) in [6, 6.07) is 47.0. The predicted molar refractivity (Wildman–Crippen MR) is 211 cm³/mol. The smallest absolute Gasteiger partial charge is 0.131 e. The highest BCUT2D eigenvalue weighted by Gasteiger charge is 2.22. The maximum Gasteiger partial charge on any atom is 0.131 e. The molecule has 0 saturated heterocycles. The van der Waals surface area contributed by atoms with Crippen LogP contribution in [0.25, 0.3) is 27.9 Å². The van der Waals surface area contributed by atoms with Crippen LogP contribution in [-0.4, -0.2) is 10.2 Å². The lowest BCUT2D eigenvalue weighted by Crippen LogP contribution is -2.00. The summed E-state index contributed by atoms with van der Waals surface area (Å²) in [6.45, 7) is 17.6. The molecule has 0 aromatic heterocycles. The Morgan fingerprint density at radius 2 is 0.612 bits per heavy atom. The fraction of sp³-hybridized carbons (Fsp3) is 0. The number of aromatic hydroxyl groups is 2. The zero-order valence-corrected chi connectivity index (χ0v) is 28.6. The normalized spacial score (nSPS) is 10.6. The first-order valence-electron chi connectivity index (χ1n) is 15.8. The molecular formula is C46H35BrO2. The van der Waals surface area contributed by atoms with Gasteiger partial charge in [-0.1, -0.05) is 164 Å². The lowest BCUT2D eigenvalue weighted by molar-refractivity contribution is 0.471. The molecule has 0 bridgehead atoms. The van der Waals surface area contributed by atoms with Crippen LogP contribution < -0.4 is 0 Å². The summed E-state index contributed by atoms with van der Waals surface area (Å²) in [5.41, 5.74) is 11.1. The molecule has 2 N–H and O–H groups in total. The second-order valence-electron chi connectivity index (χ2n) is 11.7. The molecule has 0 aliphatic heterocycles. The van der Waals surface area contributed by atoms with Gasteiger partial charge in [-0.3, -0.25) is 0 Å². The average molecular weight is 700 g/mol. The van der Waals surface area contributed by atoms with Gasteiger partial charge in [0.15, 0.2) is 0 Å². The van der Waals surface area contributed by atoms with E-state index in [1.165, 1.54) is 0 Å². The Labute approximate surface area is 296 Å². The summed E-state index contributed by atoms with van der Waals surface area (Å²) in [4.78, 5) is 1.86. The Morgan fingerprint density at radius 1 is 0.388 bits per heavy atom. The van der Waals surface area contributed by atoms with Crippen molar-refractivity contribution in [1.82, 2.24) is 0 Å². The van der Waals surface area contributed by atoms with Crippen molar-refractivity contribution >= 4 is 43.8 Å². The fourth-order valence-corrected chi connectivity index (χ4v) is 6.50. The molecule has 0 atom stereocenters. The quantitative estimate of drug-likeness (QED) is 0.149. The first kappa shape index (κ1) is 33.0. The lowest BCUT2D eigenvalue weighted by atomic mass is 9.85. The Kier molecular flexibility index (Phi) is 9.75. The molecule has 238 valence electrons. The second-order valence-corrected chi connectivity index (χ2v) is 12.2. The van der Waals surface area contributed by atoms with Crippen LogP contribution >= 0.6 is 15.9 Å². The largest absolute Gasteiger partial charge is 0.507 e. The van der Waals surface area contributed by atoms with Gasteiger partial charge in [-0.15, -0.1) is 0 Å². The highest BCUT2D eigenvalue weighted by Crippen LogP contribution is 2.44. The molecule has 0 radical (unpaired) electrons. The van der Waals surface area contributed by atoms with Gasteiger partial charge in [0.05, 0.1) is 0 Å². The van der Waals surface area contributed by atoms with Crippen LogP contribution in [0.5, 0.6) is 11.5 Å². The summed E-state index contributed by atoms with van der Waals surface area (Å²) < 4.78 is 0. The molecule has 0 saturated carbocycles. The van der Waals surface area contributed by atoms with Gasteiger partial charge in [-0.2, -0.15) is 0 Å². The minimum Gasteiger partial charge on any atom is -0.507 e. The Hall–Kier alpha value is -5.90. The van der Waals surface area contributed by atoms with Crippen LogP contribution in [0.1, 0.15) is 55.6 Å². The minimum absolute atomic E-state index is 0.0994. The van der Waals surface area contributed by atoms with Crippen LogP contribution in [0.3, 0.4) is 0 Å². The Balaban J connectivity index is 1.58. The molecule has 0 amide bonds. The maximum absolute atomic E-state index is 11.8. The minimum atomic E-state index is 0.0994. The first-order chi connectivity index (χ1) is 23.8. The van der Waals surface area contributed by atoms with Crippen LogP contribution in [0, 0.1) is 0 Å². The monoisotopic (exact) mass is 698 g/mol. The third-order valence-corrected chi connectivity index (χ3v) is 9.20. The number of halogens is 1. The zero-order valence-electron chi connectivity index (χ0n) is 27.0. The second kappa shape index (κ2) is 14.5. The summed E-state index contributed by atoms with van der Waals surface area (Å²) >= 11 is 3.68. The van der Waals surface area contributed by atoms with Gasteiger partial charge >= 0.3 is 0 Å². The van der Waals surface area contributed by atoms with Crippen LogP contribution in [0.2, 0.25) is 0 Å². The van der Waals surface area contributed by atoms with Crippen molar-refractivity contribution in [3.8, 4) is 11.5 Å². The van der Waals surface area contributed by atoms with Gasteiger partial charge in [0.2, 0.25) is 0 Å². The van der Waals surface area contributed by atoms with Crippen LogP contribution in [0.15, 0.2) is 177 Å². The summed E-state index contributed by atoms with van der Waals surface area (Å²) in [5.74, 6) is 0.199. The molecular weight excluding hydrogens is 664 g/mol. The van der Waals surface area contributed by atoms with E-state index in [-0.39, 0.29) is 11.5 Å². The van der Waals surface area contributed by atoms with Gasteiger partial charge in [0, 0.05) is 22.3 Å². The molecule has 2 nitrogen and oxygen atoms in total. The van der Waals surface area contributed by atoms with E-state index in [4.69, 9.17) is 0 Å². The summed E-state index contributed by atoms with van der Waals surface area (Å²) in [7, 11) is 0. The lowest BCUT2D eigenvalue weighted by Gasteiger charge is -2.21. The van der Waals surface area contributed by atoms with Crippen molar-refractivity contribution in [2.75, 3.05) is 0 Å². The van der Waals surface area contributed by atoms with Crippen molar-refractivity contribution in [3.05, 3.63) is 233 Å². The van der Waals surface area contributed by atoms with E-state index in [1.807, 2.05) is 151 Å². The molecule has 0 heterocycles. The molecule has 0 fully saturated rings. The van der Waals surface area contributed by atoms with Crippen LogP contribution in [0.4, 0.5) is 0 Å². The molecule has 0 aliphatic rings. The molecule has 0 aliphatic carbocycles. The molecule has 6 aromatic rings. The Morgan fingerprint density at radius 3 is 0.816 bits per heavy atom. The van der Waals surface area contributed by atoms with Crippen molar-refractivity contribution in [2.45, 2.75) is 0 Å².